The molecule has 15 heavy (non-hydrogen) atoms. The summed E-state index contributed by atoms with van der Waals surface area (Å²) in [4.78, 5) is 0.706. The van der Waals surface area contributed by atoms with Gasteiger partial charge >= 0.3 is 0 Å². The van der Waals surface area contributed by atoms with Gasteiger partial charge in [0.2, 0.25) is 0 Å². The van der Waals surface area contributed by atoms with Gasteiger partial charge in [0.25, 0.3) is 0 Å². The summed E-state index contributed by atoms with van der Waals surface area (Å²) in [5.41, 5.74) is 1.24. The molecule has 0 heterocycles. The standard InChI is InChI=1S/C13H16BrF/c14-13(11-6-7-11)3-1-2-10-4-8-12(15)9-5-10/h4-5,8-9,11,13H,1-3,6-7H2. The minimum atomic E-state index is -0.143. The molecule has 82 valence electrons. The molecule has 1 saturated carbocycles. The molecule has 0 aromatic heterocycles. The van der Waals surface area contributed by atoms with Crippen LogP contribution in [0.5, 0.6) is 0 Å². The van der Waals surface area contributed by atoms with Gasteiger partial charge in [-0.05, 0) is 55.7 Å². The molecule has 1 aromatic rings. The van der Waals surface area contributed by atoms with Gasteiger partial charge in [-0.15, -0.1) is 0 Å². The third-order valence-electron chi connectivity index (χ3n) is 2.99. The number of rotatable bonds is 5. The summed E-state index contributed by atoms with van der Waals surface area (Å²) in [6.07, 6.45) is 6.29. The molecule has 0 saturated heterocycles. The topological polar surface area (TPSA) is 0 Å². The second kappa shape index (κ2) is 5.11. The Bertz CT molecular complexity index is 303. The lowest BCUT2D eigenvalue weighted by Gasteiger charge is -2.07. The van der Waals surface area contributed by atoms with Crippen LogP contribution in [-0.2, 0) is 6.42 Å². The summed E-state index contributed by atoms with van der Waals surface area (Å²) in [7, 11) is 0. The molecular weight excluding hydrogens is 255 g/mol. The molecule has 0 aliphatic heterocycles. The molecule has 1 aliphatic carbocycles. The molecule has 1 atom stereocenters. The van der Waals surface area contributed by atoms with Crippen molar-refractivity contribution in [3.05, 3.63) is 35.6 Å². The van der Waals surface area contributed by atoms with Gasteiger partial charge in [-0.1, -0.05) is 28.1 Å². The van der Waals surface area contributed by atoms with Crippen molar-refractivity contribution in [2.24, 2.45) is 5.92 Å². The summed E-state index contributed by atoms with van der Waals surface area (Å²) < 4.78 is 12.6. The lowest BCUT2D eigenvalue weighted by atomic mass is 10.1. The Morgan fingerprint density at radius 1 is 1.27 bits per heavy atom. The molecule has 0 N–H and O–H groups in total. The second-order valence-electron chi connectivity index (χ2n) is 4.37. The Labute approximate surface area is 99.0 Å². The lowest BCUT2D eigenvalue weighted by molar-refractivity contribution is 0.624. The third-order valence-corrected chi connectivity index (χ3v) is 4.20. The molecule has 1 fully saturated rings. The zero-order chi connectivity index (χ0) is 10.7. The van der Waals surface area contributed by atoms with E-state index in [-0.39, 0.29) is 5.82 Å². The molecule has 0 spiro atoms. The second-order valence-corrected chi connectivity index (χ2v) is 5.55. The van der Waals surface area contributed by atoms with E-state index in [1.165, 1.54) is 31.2 Å². The van der Waals surface area contributed by atoms with Crippen LogP contribution in [0.3, 0.4) is 0 Å². The highest BCUT2D eigenvalue weighted by Crippen LogP contribution is 2.38. The summed E-state index contributed by atoms with van der Waals surface area (Å²) >= 11 is 3.73. The number of hydrogen-bond acceptors (Lipinski definition) is 0. The maximum Gasteiger partial charge on any atom is 0.123 e. The summed E-state index contributed by atoms with van der Waals surface area (Å²) in [6, 6.07) is 6.86. The predicted molar refractivity (Wildman–Crippen MR) is 64.8 cm³/mol. The molecule has 0 radical (unpaired) electrons. The highest BCUT2D eigenvalue weighted by Gasteiger charge is 2.28. The van der Waals surface area contributed by atoms with Gasteiger partial charge in [-0.3, -0.25) is 0 Å². The van der Waals surface area contributed by atoms with Crippen LogP contribution in [0.1, 0.15) is 31.2 Å². The molecule has 1 unspecified atom stereocenters. The number of hydrogen-bond donors (Lipinski definition) is 0. The van der Waals surface area contributed by atoms with Gasteiger partial charge in [0.05, 0.1) is 0 Å². The van der Waals surface area contributed by atoms with Gasteiger partial charge in [0, 0.05) is 4.83 Å². The van der Waals surface area contributed by atoms with Crippen molar-refractivity contribution < 1.29 is 4.39 Å². The van der Waals surface area contributed by atoms with Crippen LogP contribution in [0, 0.1) is 11.7 Å². The predicted octanol–water partition coefficient (Wildman–Crippen LogP) is 4.32. The summed E-state index contributed by atoms with van der Waals surface area (Å²) in [6.45, 7) is 0. The average molecular weight is 271 g/mol. The van der Waals surface area contributed by atoms with Crippen molar-refractivity contribution in [2.75, 3.05) is 0 Å². The average Bonchev–Trinajstić information content (AvgIpc) is 3.04. The Balaban J connectivity index is 1.70. The first-order valence-electron chi connectivity index (χ1n) is 5.64. The fraction of sp³-hybridized carbons (Fsp3) is 0.538. The number of benzene rings is 1. The first-order chi connectivity index (χ1) is 7.25. The van der Waals surface area contributed by atoms with Gasteiger partial charge in [-0.2, -0.15) is 0 Å². The van der Waals surface area contributed by atoms with Crippen LogP contribution < -0.4 is 0 Å². The van der Waals surface area contributed by atoms with Gasteiger partial charge in [0.15, 0.2) is 0 Å². The summed E-state index contributed by atoms with van der Waals surface area (Å²) in [5, 5.41) is 0. The first-order valence-corrected chi connectivity index (χ1v) is 6.56. The SMILES string of the molecule is Fc1ccc(CCCC(Br)C2CC2)cc1. The normalized spacial score (nSPS) is 17.7. The Morgan fingerprint density at radius 2 is 1.93 bits per heavy atom. The molecule has 1 aliphatic rings. The molecule has 2 rings (SSSR count). The molecular formula is C13H16BrF. The van der Waals surface area contributed by atoms with Crippen molar-refractivity contribution in [3.8, 4) is 0 Å². The van der Waals surface area contributed by atoms with Gasteiger partial charge in [-0.25, -0.2) is 4.39 Å². The van der Waals surface area contributed by atoms with Crippen molar-refractivity contribution in [3.63, 3.8) is 0 Å². The van der Waals surface area contributed by atoms with Crippen LogP contribution in [0.15, 0.2) is 24.3 Å². The Kier molecular flexibility index (Phi) is 3.79. The van der Waals surface area contributed by atoms with Crippen LogP contribution in [0.4, 0.5) is 4.39 Å². The number of alkyl halides is 1. The molecule has 0 nitrogen and oxygen atoms in total. The summed E-state index contributed by atoms with van der Waals surface area (Å²) in [5.74, 6) is 0.785. The Hall–Kier alpha value is -0.370. The zero-order valence-corrected chi connectivity index (χ0v) is 10.3. The first kappa shape index (κ1) is 11.1. The number of halogens is 2. The molecule has 1 aromatic carbocycles. The van der Waals surface area contributed by atoms with Crippen LogP contribution in [-0.4, -0.2) is 4.83 Å². The van der Waals surface area contributed by atoms with E-state index < -0.39 is 0 Å². The van der Waals surface area contributed by atoms with Gasteiger partial charge < -0.3 is 0 Å². The Morgan fingerprint density at radius 3 is 2.53 bits per heavy atom. The van der Waals surface area contributed by atoms with E-state index in [9.17, 15) is 4.39 Å². The fourth-order valence-electron chi connectivity index (χ4n) is 1.85. The monoisotopic (exact) mass is 270 g/mol. The minimum absolute atomic E-state index is 0.143. The zero-order valence-electron chi connectivity index (χ0n) is 8.76. The van der Waals surface area contributed by atoms with E-state index in [4.69, 9.17) is 0 Å². The van der Waals surface area contributed by atoms with E-state index in [2.05, 4.69) is 15.9 Å². The van der Waals surface area contributed by atoms with Crippen LogP contribution >= 0.6 is 15.9 Å². The fourth-order valence-corrected chi connectivity index (χ4v) is 2.70. The van der Waals surface area contributed by atoms with Crippen LogP contribution in [0.2, 0.25) is 0 Å². The van der Waals surface area contributed by atoms with E-state index in [0.717, 1.165) is 12.3 Å². The molecule has 2 heteroatoms. The van der Waals surface area contributed by atoms with Crippen molar-refractivity contribution in [1.82, 2.24) is 0 Å². The quantitative estimate of drug-likeness (QED) is 0.699. The van der Waals surface area contributed by atoms with E-state index in [1.54, 1.807) is 12.1 Å². The minimum Gasteiger partial charge on any atom is -0.207 e. The van der Waals surface area contributed by atoms with E-state index in [1.807, 2.05) is 12.1 Å². The lowest BCUT2D eigenvalue weighted by Crippen LogP contribution is -2.00. The van der Waals surface area contributed by atoms with Crippen molar-refractivity contribution in [2.45, 2.75) is 36.9 Å². The van der Waals surface area contributed by atoms with Crippen molar-refractivity contribution >= 4 is 15.9 Å². The highest BCUT2D eigenvalue weighted by atomic mass is 79.9. The molecule has 0 bridgehead atoms. The smallest absolute Gasteiger partial charge is 0.123 e. The maximum absolute atomic E-state index is 12.6. The van der Waals surface area contributed by atoms with Crippen LogP contribution in [0.25, 0.3) is 0 Å². The number of aryl methyl sites for hydroxylation is 1. The third kappa shape index (κ3) is 3.60. The van der Waals surface area contributed by atoms with E-state index >= 15 is 0 Å². The van der Waals surface area contributed by atoms with Crippen molar-refractivity contribution in [1.29, 1.82) is 0 Å². The molecule has 0 amide bonds. The largest absolute Gasteiger partial charge is 0.207 e. The van der Waals surface area contributed by atoms with E-state index in [0.29, 0.717) is 4.83 Å². The van der Waals surface area contributed by atoms with Gasteiger partial charge in [0.1, 0.15) is 5.82 Å². The maximum atomic E-state index is 12.6. The highest BCUT2D eigenvalue weighted by molar-refractivity contribution is 9.09.